The second-order valence-corrected chi connectivity index (χ2v) is 6.35. The van der Waals surface area contributed by atoms with Gasteiger partial charge in [0.15, 0.2) is 0 Å². The summed E-state index contributed by atoms with van der Waals surface area (Å²) in [6, 6.07) is 8.21. The van der Waals surface area contributed by atoms with Crippen molar-refractivity contribution in [1.29, 1.82) is 0 Å². The molecule has 0 aliphatic heterocycles. The van der Waals surface area contributed by atoms with Crippen LogP contribution in [0.5, 0.6) is 0 Å². The maximum absolute atomic E-state index is 10.4. The molecule has 1 N–H and O–H groups in total. The summed E-state index contributed by atoms with van der Waals surface area (Å²) in [5, 5.41) is 11.5. The maximum Gasteiger partial charge on any atom is 0.0934 e. The first-order valence-corrected chi connectivity index (χ1v) is 7.15. The average molecular weight is 259 g/mol. The van der Waals surface area contributed by atoms with Crippen molar-refractivity contribution >= 4 is 11.3 Å². The SMILES string of the molecule is Cc1nc(CC2Cc3ccccc3C2O)sc1C. The summed E-state index contributed by atoms with van der Waals surface area (Å²) < 4.78 is 0. The van der Waals surface area contributed by atoms with Crippen molar-refractivity contribution < 1.29 is 5.11 Å². The Morgan fingerprint density at radius 2 is 2.11 bits per heavy atom. The Labute approximate surface area is 111 Å². The standard InChI is InChI=1S/C15H17NOS/c1-9-10(2)18-14(16-9)8-12-7-11-5-3-4-6-13(11)15(12)17/h3-6,12,15,17H,7-8H2,1-2H3. The van der Waals surface area contributed by atoms with Gasteiger partial charge in [-0.25, -0.2) is 4.98 Å². The van der Waals surface area contributed by atoms with Gasteiger partial charge in [0.1, 0.15) is 0 Å². The zero-order valence-corrected chi connectivity index (χ0v) is 11.5. The molecule has 18 heavy (non-hydrogen) atoms. The van der Waals surface area contributed by atoms with Crippen molar-refractivity contribution in [3.63, 3.8) is 0 Å². The monoisotopic (exact) mass is 259 g/mol. The number of benzene rings is 1. The molecule has 2 atom stereocenters. The van der Waals surface area contributed by atoms with Crippen molar-refractivity contribution in [2.24, 2.45) is 5.92 Å². The molecule has 1 heterocycles. The summed E-state index contributed by atoms with van der Waals surface area (Å²) >= 11 is 1.76. The van der Waals surface area contributed by atoms with E-state index >= 15 is 0 Å². The molecule has 1 aromatic heterocycles. The molecule has 0 amide bonds. The van der Waals surface area contributed by atoms with Gasteiger partial charge in [0, 0.05) is 11.3 Å². The van der Waals surface area contributed by atoms with Gasteiger partial charge in [0.2, 0.25) is 0 Å². The summed E-state index contributed by atoms with van der Waals surface area (Å²) in [6.45, 7) is 4.16. The first-order chi connectivity index (χ1) is 8.65. The molecule has 2 nitrogen and oxygen atoms in total. The third-order valence-electron chi connectivity index (χ3n) is 3.81. The molecule has 0 fully saturated rings. The van der Waals surface area contributed by atoms with E-state index in [0.717, 1.165) is 29.1 Å². The molecule has 1 aliphatic carbocycles. The van der Waals surface area contributed by atoms with Crippen LogP contribution >= 0.6 is 11.3 Å². The highest BCUT2D eigenvalue weighted by Crippen LogP contribution is 2.38. The van der Waals surface area contributed by atoms with Gasteiger partial charge in [-0.2, -0.15) is 0 Å². The minimum absolute atomic E-state index is 0.285. The molecule has 3 rings (SSSR count). The van der Waals surface area contributed by atoms with E-state index in [2.05, 4.69) is 24.9 Å². The van der Waals surface area contributed by atoms with E-state index in [-0.39, 0.29) is 12.0 Å². The predicted octanol–water partition coefficient (Wildman–Crippen LogP) is 3.21. The van der Waals surface area contributed by atoms with Crippen LogP contribution < -0.4 is 0 Å². The summed E-state index contributed by atoms with van der Waals surface area (Å²) in [5.74, 6) is 0.285. The fourth-order valence-corrected chi connectivity index (χ4v) is 3.72. The Kier molecular flexibility index (Phi) is 2.96. The first kappa shape index (κ1) is 11.9. The first-order valence-electron chi connectivity index (χ1n) is 6.34. The van der Waals surface area contributed by atoms with Crippen LogP contribution in [0.1, 0.15) is 32.8 Å². The van der Waals surface area contributed by atoms with Crippen LogP contribution in [0.3, 0.4) is 0 Å². The van der Waals surface area contributed by atoms with Crippen LogP contribution in [-0.2, 0) is 12.8 Å². The van der Waals surface area contributed by atoms with Gasteiger partial charge in [-0.15, -0.1) is 11.3 Å². The Morgan fingerprint density at radius 1 is 1.33 bits per heavy atom. The van der Waals surface area contributed by atoms with E-state index in [9.17, 15) is 5.11 Å². The van der Waals surface area contributed by atoms with Crippen LogP contribution in [0.2, 0.25) is 0 Å². The second-order valence-electron chi connectivity index (χ2n) is 5.06. The topological polar surface area (TPSA) is 33.1 Å². The van der Waals surface area contributed by atoms with Crippen LogP contribution in [0, 0.1) is 19.8 Å². The fraction of sp³-hybridized carbons (Fsp3) is 0.400. The lowest BCUT2D eigenvalue weighted by atomic mass is 10.00. The Bertz CT molecular complexity index is 556. The number of fused-ring (bicyclic) bond motifs is 1. The zero-order chi connectivity index (χ0) is 12.7. The highest BCUT2D eigenvalue weighted by atomic mass is 32.1. The fourth-order valence-electron chi connectivity index (χ4n) is 2.69. The van der Waals surface area contributed by atoms with E-state index in [4.69, 9.17) is 0 Å². The van der Waals surface area contributed by atoms with Crippen molar-refractivity contribution in [3.05, 3.63) is 51.0 Å². The molecule has 0 radical (unpaired) electrons. The van der Waals surface area contributed by atoms with Gasteiger partial charge in [-0.3, -0.25) is 0 Å². The normalized spacial score (nSPS) is 22.2. The van der Waals surface area contributed by atoms with Crippen LogP contribution in [0.25, 0.3) is 0 Å². The minimum atomic E-state index is -0.328. The third-order valence-corrected chi connectivity index (χ3v) is 4.91. The Balaban J connectivity index is 1.80. The molecule has 2 aromatic rings. The lowest BCUT2D eigenvalue weighted by Crippen LogP contribution is -2.10. The van der Waals surface area contributed by atoms with Gasteiger partial charge in [0.05, 0.1) is 16.8 Å². The van der Waals surface area contributed by atoms with E-state index < -0.39 is 0 Å². The number of aryl methyl sites for hydroxylation is 2. The number of hydrogen-bond acceptors (Lipinski definition) is 3. The number of aliphatic hydroxyl groups is 1. The Hall–Kier alpha value is -1.19. The Morgan fingerprint density at radius 3 is 2.78 bits per heavy atom. The van der Waals surface area contributed by atoms with Gasteiger partial charge < -0.3 is 5.11 Å². The molecular weight excluding hydrogens is 242 g/mol. The van der Waals surface area contributed by atoms with E-state index in [0.29, 0.717) is 0 Å². The van der Waals surface area contributed by atoms with Crippen LogP contribution in [0.4, 0.5) is 0 Å². The molecule has 0 bridgehead atoms. The van der Waals surface area contributed by atoms with Crippen molar-refractivity contribution in [1.82, 2.24) is 4.98 Å². The van der Waals surface area contributed by atoms with Crippen molar-refractivity contribution in [3.8, 4) is 0 Å². The molecule has 3 heteroatoms. The van der Waals surface area contributed by atoms with Gasteiger partial charge >= 0.3 is 0 Å². The van der Waals surface area contributed by atoms with Gasteiger partial charge in [0.25, 0.3) is 0 Å². The molecule has 0 saturated heterocycles. The van der Waals surface area contributed by atoms with E-state index in [1.165, 1.54) is 10.4 Å². The number of thiazole rings is 1. The maximum atomic E-state index is 10.4. The predicted molar refractivity (Wildman–Crippen MR) is 73.9 cm³/mol. The minimum Gasteiger partial charge on any atom is -0.388 e. The summed E-state index contributed by atoms with van der Waals surface area (Å²) in [4.78, 5) is 5.87. The number of nitrogens with zero attached hydrogens (tertiary/aromatic N) is 1. The largest absolute Gasteiger partial charge is 0.388 e. The van der Waals surface area contributed by atoms with Gasteiger partial charge in [-0.05, 0) is 37.3 Å². The highest BCUT2D eigenvalue weighted by Gasteiger charge is 2.31. The van der Waals surface area contributed by atoms with E-state index in [1.54, 1.807) is 11.3 Å². The molecular formula is C15H17NOS. The summed E-state index contributed by atoms with van der Waals surface area (Å²) in [5.41, 5.74) is 3.52. The molecule has 0 spiro atoms. The molecule has 0 saturated carbocycles. The quantitative estimate of drug-likeness (QED) is 0.898. The molecule has 2 unspecified atom stereocenters. The number of aliphatic hydroxyl groups excluding tert-OH is 1. The zero-order valence-electron chi connectivity index (χ0n) is 10.7. The van der Waals surface area contributed by atoms with Gasteiger partial charge in [-0.1, -0.05) is 24.3 Å². The van der Waals surface area contributed by atoms with Crippen LogP contribution in [0.15, 0.2) is 24.3 Å². The van der Waals surface area contributed by atoms with Crippen LogP contribution in [-0.4, -0.2) is 10.1 Å². The third kappa shape index (κ3) is 1.98. The number of rotatable bonds is 2. The summed E-state index contributed by atoms with van der Waals surface area (Å²) in [7, 11) is 0. The second kappa shape index (κ2) is 4.48. The summed E-state index contributed by atoms with van der Waals surface area (Å²) in [6.07, 6.45) is 1.52. The number of aromatic nitrogens is 1. The lowest BCUT2D eigenvalue weighted by Gasteiger charge is -2.13. The molecule has 1 aromatic carbocycles. The number of hydrogen-bond donors (Lipinski definition) is 1. The van der Waals surface area contributed by atoms with Crippen molar-refractivity contribution in [2.45, 2.75) is 32.8 Å². The molecule has 94 valence electrons. The van der Waals surface area contributed by atoms with E-state index in [1.807, 2.05) is 18.2 Å². The van der Waals surface area contributed by atoms with Crippen molar-refractivity contribution in [2.75, 3.05) is 0 Å². The highest BCUT2D eigenvalue weighted by molar-refractivity contribution is 7.11. The average Bonchev–Trinajstić information content (AvgIpc) is 2.83. The molecule has 1 aliphatic rings. The lowest BCUT2D eigenvalue weighted by molar-refractivity contribution is 0.123. The smallest absolute Gasteiger partial charge is 0.0934 e.